The first-order valence-corrected chi connectivity index (χ1v) is 10.4. The number of carbonyl (C=O) groups excluding carboxylic acids is 1. The number of nitrogens with zero attached hydrogens (tertiary/aromatic N) is 3. The molecule has 3 aromatic rings. The lowest BCUT2D eigenvalue weighted by Crippen LogP contribution is -2.33. The van der Waals surface area contributed by atoms with Gasteiger partial charge in [-0.2, -0.15) is 0 Å². The van der Waals surface area contributed by atoms with Crippen LogP contribution < -0.4 is 5.32 Å². The SMILES string of the molecule is Cc1cc(C)cc(NC(=O)CSc2nnc3n2C(C)(C)Cc2ccccc2-3)c1. The fraction of sp³-hybridized carbons (Fsp3) is 0.318. The summed E-state index contributed by atoms with van der Waals surface area (Å²) in [7, 11) is 0. The summed E-state index contributed by atoms with van der Waals surface area (Å²) in [4.78, 5) is 12.5. The van der Waals surface area contributed by atoms with Gasteiger partial charge in [0.05, 0.1) is 5.75 Å². The number of aromatic nitrogens is 3. The van der Waals surface area contributed by atoms with Crippen molar-refractivity contribution < 1.29 is 4.79 Å². The molecule has 0 unspecified atom stereocenters. The van der Waals surface area contributed by atoms with Crippen LogP contribution in [0.25, 0.3) is 11.4 Å². The Morgan fingerprint density at radius 2 is 1.86 bits per heavy atom. The standard InChI is InChI=1S/C22H24N4OS/c1-14-9-15(2)11-17(10-14)23-19(27)13-28-21-25-24-20-18-8-6-5-7-16(18)12-22(3,4)26(20)21/h5-11H,12-13H2,1-4H3,(H,23,27). The summed E-state index contributed by atoms with van der Waals surface area (Å²) in [5.41, 5.74) is 5.38. The molecule has 1 amide bonds. The molecular formula is C22H24N4OS. The minimum Gasteiger partial charge on any atom is -0.325 e. The van der Waals surface area contributed by atoms with Crippen LogP contribution in [0.2, 0.25) is 0 Å². The summed E-state index contributed by atoms with van der Waals surface area (Å²) < 4.78 is 2.17. The van der Waals surface area contributed by atoms with E-state index in [0.29, 0.717) is 5.75 Å². The molecule has 0 bridgehead atoms. The minimum atomic E-state index is -0.139. The highest BCUT2D eigenvalue weighted by Crippen LogP contribution is 2.39. The zero-order valence-electron chi connectivity index (χ0n) is 16.6. The van der Waals surface area contributed by atoms with Crippen LogP contribution in [0.5, 0.6) is 0 Å². The van der Waals surface area contributed by atoms with Crippen LogP contribution in [0.15, 0.2) is 47.6 Å². The van der Waals surface area contributed by atoms with Crippen LogP contribution >= 0.6 is 11.8 Å². The Labute approximate surface area is 169 Å². The Balaban J connectivity index is 1.53. The van der Waals surface area contributed by atoms with Gasteiger partial charge in [0.1, 0.15) is 0 Å². The molecule has 2 heterocycles. The van der Waals surface area contributed by atoms with E-state index < -0.39 is 0 Å². The number of fused-ring (bicyclic) bond motifs is 3. The predicted molar refractivity (Wildman–Crippen MR) is 114 cm³/mol. The van der Waals surface area contributed by atoms with Crippen molar-refractivity contribution in [2.45, 2.75) is 44.8 Å². The number of rotatable bonds is 4. The van der Waals surface area contributed by atoms with Gasteiger partial charge in [0.2, 0.25) is 5.91 Å². The molecule has 1 aromatic heterocycles. The highest BCUT2D eigenvalue weighted by molar-refractivity contribution is 7.99. The molecule has 1 aliphatic rings. The number of carbonyl (C=O) groups is 1. The largest absolute Gasteiger partial charge is 0.325 e. The van der Waals surface area contributed by atoms with Gasteiger partial charge in [0, 0.05) is 16.8 Å². The number of aryl methyl sites for hydroxylation is 2. The molecule has 1 N–H and O–H groups in total. The third-order valence-electron chi connectivity index (χ3n) is 4.96. The minimum absolute atomic E-state index is 0.0404. The molecule has 6 heteroatoms. The number of nitrogens with one attached hydrogen (secondary N) is 1. The quantitative estimate of drug-likeness (QED) is 0.660. The van der Waals surface area contributed by atoms with E-state index in [-0.39, 0.29) is 11.4 Å². The Kier molecular flexibility index (Phi) is 4.75. The Morgan fingerprint density at radius 3 is 2.61 bits per heavy atom. The molecule has 0 fully saturated rings. The van der Waals surface area contributed by atoms with Crippen molar-refractivity contribution in [2.75, 3.05) is 11.1 Å². The van der Waals surface area contributed by atoms with Crippen molar-refractivity contribution in [1.29, 1.82) is 0 Å². The summed E-state index contributed by atoms with van der Waals surface area (Å²) in [5, 5.41) is 12.6. The number of hydrogen-bond acceptors (Lipinski definition) is 4. The number of amides is 1. The molecule has 5 nitrogen and oxygen atoms in total. The van der Waals surface area contributed by atoms with Crippen molar-refractivity contribution in [2.24, 2.45) is 0 Å². The third kappa shape index (κ3) is 3.56. The van der Waals surface area contributed by atoms with Gasteiger partial charge in [-0.05, 0) is 62.9 Å². The zero-order chi connectivity index (χ0) is 19.9. The summed E-state index contributed by atoms with van der Waals surface area (Å²) in [6.07, 6.45) is 0.913. The van der Waals surface area contributed by atoms with Crippen LogP contribution in [0.1, 0.15) is 30.5 Å². The lowest BCUT2D eigenvalue weighted by atomic mass is 9.87. The van der Waals surface area contributed by atoms with E-state index in [4.69, 9.17) is 0 Å². The van der Waals surface area contributed by atoms with E-state index in [9.17, 15) is 4.79 Å². The molecular weight excluding hydrogens is 368 g/mol. The number of benzene rings is 2. The maximum Gasteiger partial charge on any atom is 0.234 e. The third-order valence-corrected chi connectivity index (χ3v) is 5.89. The first-order chi connectivity index (χ1) is 13.3. The fourth-order valence-corrected chi connectivity index (χ4v) is 4.79. The molecule has 0 radical (unpaired) electrons. The smallest absolute Gasteiger partial charge is 0.234 e. The number of thioether (sulfide) groups is 1. The molecule has 28 heavy (non-hydrogen) atoms. The summed E-state index contributed by atoms with van der Waals surface area (Å²) in [6, 6.07) is 14.4. The van der Waals surface area contributed by atoms with Crippen molar-refractivity contribution in [1.82, 2.24) is 14.8 Å². The van der Waals surface area contributed by atoms with Gasteiger partial charge in [0.15, 0.2) is 11.0 Å². The zero-order valence-corrected chi connectivity index (χ0v) is 17.4. The molecule has 0 aliphatic carbocycles. The van der Waals surface area contributed by atoms with E-state index in [1.54, 1.807) is 0 Å². The normalized spacial score (nSPS) is 14.3. The Bertz CT molecular complexity index is 1030. The highest BCUT2D eigenvalue weighted by atomic mass is 32.2. The van der Waals surface area contributed by atoms with Gasteiger partial charge < -0.3 is 5.32 Å². The number of anilines is 1. The van der Waals surface area contributed by atoms with Crippen LogP contribution in [0, 0.1) is 13.8 Å². The maximum absolute atomic E-state index is 12.5. The predicted octanol–water partition coefficient (Wildman–Crippen LogP) is 4.58. The maximum atomic E-state index is 12.5. The summed E-state index contributed by atoms with van der Waals surface area (Å²) in [6.45, 7) is 8.44. The van der Waals surface area contributed by atoms with E-state index in [0.717, 1.165) is 39.8 Å². The summed E-state index contributed by atoms with van der Waals surface area (Å²) >= 11 is 1.43. The van der Waals surface area contributed by atoms with Crippen molar-refractivity contribution in [3.8, 4) is 11.4 Å². The molecule has 0 spiro atoms. The van der Waals surface area contributed by atoms with Crippen molar-refractivity contribution in [3.63, 3.8) is 0 Å². The van der Waals surface area contributed by atoms with Crippen LogP contribution in [-0.4, -0.2) is 26.4 Å². The van der Waals surface area contributed by atoms with E-state index in [2.05, 4.69) is 58.2 Å². The van der Waals surface area contributed by atoms with Crippen LogP contribution in [0.3, 0.4) is 0 Å². The molecule has 0 saturated heterocycles. The average Bonchev–Trinajstić information content (AvgIpc) is 3.04. The molecule has 0 saturated carbocycles. The van der Waals surface area contributed by atoms with Crippen molar-refractivity contribution in [3.05, 3.63) is 59.2 Å². The van der Waals surface area contributed by atoms with Crippen LogP contribution in [-0.2, 0) is 16.8 Å². The van der Waals surface area contributed by atoms with Gasteiger partial charge in [-0.15, -0.1) is 10.2 Å². The molecule has 1 aliphatic heterocycles. The molecule has 0 atom stereocenters. The van der Waals surface area contributed by atoms with Crippen molar-refractivity contribution >= 4 is 23.4 Å². The first-order valence-electron chi connectivity index (χ1n) is 9.39. The van der Waals surface area contributed by atoms with Gasteiger partial charge in [-0.3, -0.25) is 9.36 Å². The Hall–Kier alpha value is -2.60. The Morgan fingerprint density at radius 1 is 1.14 bits per heavy atom. The second kappa shape index (κ2) is 7.09. The monoisotopic (exact) mass is 392 g/mol. The second-order valence-corrected chi connectivity index (χ2v) is 8.94. The van der Waals surface area contributed by atoms with Gasteiger partial charge in [-0.25, -0.2) is 0 Å². The molecule has 2 aromatic carbocycles. The molecule has 4 rings (SSSR count). The second-order valence-electron chi connectivity index (χ2n) is 8.00. The van der Waals surface area contributed by atoms with E-state index in [1.807, 2.05) is 32.0 Å². The van der Waals surface area contributed by atoms with Gasteiger partial charge in [0.25, 0.3) is 0 Å². The van der Waals surface area contributed by atoms with Gasteiger partial charge >= 0.3 is 0 Å². The van der Waals surface area contributed by atoms with E-state index >= 15 is 0 Å². The molecule has 144 valence electrons. The topological polar surface area (TPSA) is 59.8 Å². The number of hydrogen-bond donors (Lipinski definition) is 1. The lowest BCUT2D eigenvalue weighted by molar-refractivity contribution is -0.113. The van der Waals surface area contributed by atoms with Gasteiger partial charge in [-0.1, -0.05) is 42.1 Å². The first kappa shape index (κ1) is 18.7. The lowest BCUT2D eigenvalue weighted by Gasteiger charge is -2.34. The van der Waals surface area contributed by atoms with E-state index in [1.165, 1.54) is 17.3 Å². The fourth-order valence-electron chi connectivity index (χ4n) is 3.90. The van der Waals surface area contributed by atoms with Crippen LogP contribution in [0.4, 0.5) is 5.69 Å². The average molecular weight is 393 g/mol. The highest BCUT2D eigenvalue weighted by Gasteiger charge is 2.34. The summed E-state index contributed by atoms with van der Waals surface area (Å²) in [5.74, 6) is 1.13.